The second kappa shape index (κ2) is 8.07. The molecule has 3 aromatic rings. The van der Waals surface area contributed by atoms with E-state index >= 15 is 0 Å². The summed E-state index contributed by atoms with van der Waals surface area (Å²) in [6, 6.07) is 10.2. The van der Waals surface area contributed by atoms with E-state index in [4.69, 9.17) is 0 Å². The number of fused-ring (bicyclic) bond motifs is 1. The van der Waals surface area contributed by atoms with E-state index in [0.29, 0.717) is 6.54 Å². The van der Waals surface area contributed by atoms with Crippen LogP contribution in [-0.4, -0.2) is 29.5 Å². The minimum absolute atomic E-state index is 0.707. The maximum Gasteiger partial charge on any atom is 0.191 e. The van der Waals surface area contributed by atoms with E-state index in [2.05, 4.69) is 45.5 Å². The van der Waals surface area contributed by atoms with Gasteiger partial charge in [0, 0.05) is 43.0 Å². The van der Waals surface area contributed by atoms with E-state index in [0.717, 1.165) is 35.1 Å². The van der Waals surface area contributed by atoms with E-state index in [1.807, 2.05) is 30.5 Å². The molecule has 25 heavy (non-hydrogen) atoms. The summed E-state index contributed by atoms with van der Waals surface area (Å²) >= 11 is 1.77. The highest BCUT2D eigenvalue weighted by Gasteiger charge is 2.05. The van der Waals surface area contributed by atoms with E-state index in [1.165, 1.54) is 15.8 Å². The van der Waals surface area contributed by atoms with Gasteiger partial charge in [0.05, 0.1) is 16.2 Å². The van der Waals surface area contributed by atoms with E-state index in [9.17, 15) is 0 Å². The predicted octanol–water partition coefficient (Wildman–Crippen LogP) is 3.22. The zero-order valence-corrected chi connectivity index (χ0v) is 15.7. The molecule has 1 aromatic carbocycles. The lowest BCUT2D eigenvalue weighted by Gasteiger charge is -2.12. The molecule has 6 heteroatoms. The Labute approximate surface area is 152 Å². The van der Waals surface area contributed by atoms with Crippen LogP contribution in [0.25, 0.3) is 10.9 Å². The standard InChI is InChI=1S/C19H23N5S/c1-13-14(2)25-18(24-13)9-11-22-19(20-3)23-12-15-8-10-21-17-7-5-4-6-16(15)17/h4-8,10H,9,11-12H2,1-3H3,(H2,20,22,23). The Kier molecular flexibility index (Phi) is 5.60. The molecule has 0 unspecified atom stereocenters. The molecule has 3 rings (SSSR count). The van der Waals surface area contributed by atoms with Crippen molar-refractivity contribution in [2.24, 2.45) is 4.99 Å². The molecule has 2 N–H and O–H groups in total. The molecular formula is C19H23N5S. The Morgan fingerprint density at radius 1 is 1.16 bits per heavy atom. The van der Waals surface area contributed by atoms with Crippen LogP contribution < -0.4 is 10.6 Å². The molecule has 0 saturated heterocycles. The fourth-order valence-corrected chi connectivity index (χ4v) is 3.58. The summed E-state index contributed by atoms with van der Waals surface area (Å²) in [4.78, 5) is 14.6. The minimum Gasteiger partial charge on any atom is -0.356 e. The van der Waals surface area contributed by atoms with Gasteiger partial charge in [-0.15, -0.1) is 11.3 Å². The van der Waals surface area contributed by atoms with Crippen LogP contribution in [0.4, 0.5) is 0 Å². The summed E-state index contributed by atoms with van der Waals surface area (Å²) in [6.07, 6.45) is 2.75. The van der Waals surface area contributed by atoms with Crippen molar-refractivity contribution >= 4 is 28.2 Å². The van der Waals surface area contributed by atoms with Crippen LogP contribution in [0, 0.1) is 13.8 Å². The molecular weight excluding hydrogens is 330 g/mol. The first-order valence-electron chi connectivity index (χ1n) is 8.37. The minimum atomic E-state index is 0.707. The largest absolute Gasteiger partial charge is 0.356 e. The quantitative estimate of drug-likeness (QED) is 0.546. The number of nitrogens with one attached hydrogen (secondary N) is 2. The summed E-state index contributed by atoms with van der Waals surface area (Å²) in [5.74, 6) is 0.797. The number of guanidine groups is 1. The molecule has 130 valence electrons. The molecule has 0 spiro atoms. The zero-order chi connectivity index (χ0) is 17.6. The molecule has 2 aromatic heterocycles. The number of hydrogen-bond donors (Lipinski definition) is 2. The first kappa shape index (κ1) is 17.4. The Bertz CT molecular complexity index is 860. The Morgan fingerprint density at radius 2 is 2.00 bits per heavy atom. The van der Waals surface area contributed by atoms with Crippen molar-refractivity contribution in [1.29, 1.82) is 0 Å². The normalized spacial score (nSPS) is 11.7. The van der Waals surface area contributed by atoms with Gasteiger partial charge in [-0.3, -0.25) is 9.98 Å². The molecule has 0 bridgehead atoms. The van der Waals surface area contributed by atoms with Gasteiger partial charge in [-0.1, -0.05) is 18.2 Å². The second-order valence-electron chi connectivity index (χ2n) is 5.84. The number of pyridine rings is 1. The molecule has 0 atom stereocenters. The molecule has 0 radical (unpaired) electrons. The highest BCUT2D eigenvalue weighted by Crippen LogP contribution is 2.17. The summed E-state index contributed by atoms with van der Waals surface area (Å²) in [5, 5.41) is 9.06. The molecule has 0 amide bonds. The third-order valence-corrected chi connectivity index (χ3v) is 5.25. The number of nitrogens with zero attached hydrogens (tertiary/aromatic N) is 3. The number of aryl methyl sites for hydroxylation is 2. The molecule has 2 heterocycles. The monoisotopic (exact) mass is 353 g/mol. The maximum absolute atomic E-state index is 4.57. The number of rotatable bonds is 5. The number of hydrogen-bond acceptors (Lipinski definition) is 4. The average Bonchev–Trinajstić information content (AvgIpc) is 2.95. The van der Waals surface area contributed by atoms with Crippen molar-refractivity contribution in [3.8, 4) is 0 Å². The van der Waals surface area contributed by atoms with Crippen LogP contribution in [0.15, 0.2) is 41.5 Å². The first-order valence-corrected chi connectivity index (χ1v) is 9.19. The van der Waals surface area contributed by atoms with Crippen LogP contribution in [0.2, 0.25) is 0 Å². The van der Waals surface area contributed by atoms with Gasteiger partial charge in [0.15, 0.2) is 5.96 Å². The number of benzene rings is 1. The van der Waals surface area contributed by atoms with Gasteiger partial charge in [-0.05, 0) is 31.5 Å². The fraction of sp³-hybridized carbons (Fsp3) is 0.316. The molecule has 0 aliphatic rings. The van der Waals surface area contributed by atoms with Crippen LogP contribution in [0.5, 0.6) is 0 Å². The summed E-state index contributed by atoms with van der Waals surface area (Å²) < 4.78 is 0. The van der Waals surface area contributed by atoms with Crippen LogP contribution in [0.1, 0.15) is 21.1 Å². The molecule has 0 aliphatic heterocycles. The van der Waals surface area contributed by atoms with Gasteiger partial charge in [0.1, 0.15) is 0 Å². The van der Waals surface area contributed by atoms with Crippen molar-refractivity contribution in [3.05, 3.63) is 57.7 Å². The second-order valence-corrected chi connectivity index (χ2v) is 7.13. The molecule has 0 saturated carbocycles. The lowest BCUT2D eigenvalue weighted by Crippen LogP contribution is -2.37. The average molecular weight is 353 g/mol. The Hall–Kier alpha value is -2.47. The van der Waals surface area contributed by atoms with Gasteiger partial charge in [-0.2, -0.15) is 0 Å². The third-order valence-electron chi connectivity index (χ3n) is 4.11. The lowest BCUT2D eigenvalue weighted by molar-refractivity contribution is 0.792. The number of aliphatic imine (C=N–C) groups is 1. The van der Waals surface area contributed by atoms with Gasteiger partial charge in [0.25, 0.3) is 0 Å². The fourth-order valence-electron chi connectivity index (χ4n) is 2.64. The first-order chi connectivity index (χ1) is 12.2. The Morgan fingerprint density at radius 3 is 2.76 bits per heavy atom. The smallest absolute Gasteiger partial charge is 0.191 e. The number of thiazole rings is 1. The van der Waals surface area contributed by atoms with Gasteiger partial charge in [0.2, 0.25) is 0 Å². The van der Waals surface area contributed by atoms with Crippen molar-refractivity contribution in [3.63, 3.8) is 0 Å². The highest BCUT2D eigenvalue weighted by atomic mass is 32.1. The Balaban J connectivity index is 1.55. The van der Waals surface area contributed by atoms with Crippen molar-refractivity contribution in [2.45, 2.75) is 26.8 Å². The van der Waals surface area contributed by atoms with Gasteiger partial charge in [-0.25, -0.2) is 4.98 Å². The van der Waals surface area contributed by atoms with Crippen molar-refractivity contribution in [1.82, 2.24) is 20.6 Å². The van der Waals surface area contributed by atoms with E-state index < -0.39 is 0 Å². The van der Waals surface area contributed by atoms with Gasteiger partial charge < -0.3 is 10.6 Å². The van der Waals surface area contributed by atoms with Crippen LogP contribution in [-0.2, 0) is 13.0 Å². The van der Waals surface area contributed by atoms with E-state index in [1.54, 1.807) is 18.4 Å². The maximum atomic E-state index is 4.57. The summed E-state index contributed by atoms with van der Waals surface area (Å²) in [5.41, 5.74) is 3.35. The third kappa shape index (κ3) is 4.33. The number of para-hydroxylation sites is 1. The molecule has 5 nitrogen and oxygen atoms in total. The molecule has 0 fully saturated rings. The summed E-state index contributed by atoms with van der Waals surface area (Å²) in [7, 11) is 1.79. The van der Waals surface area contributed by atoms with Crippen LogP contribution in [0.3, 0.4) is 0 Å². The van der Waals surface area contributed by atoms with Crippen molar-refractivity contribution < 1.29 is 0 Å². The van der Waals surface area contributed by atoms with Crippen LogP contribution >= 0.6 is 11.3 Å². The van der Waals surface area contributed by atoms with Gasteiger partial charge >= 0.3 is 0 Å². The SMILES string of the molecule is CN=C(NCCc1nc(C)c(C)s1)NCc1ccnc2ccccc12. The van der Waals surface area contributed by atoms with E-state index in [-0.39, 0.29) is 0 Å². The number of aromatic nitrogens is 2. The molecule has 0 aliphatic carbocycles. The highest BCUT2D eigenvalue weighted by molar-refractivity contribution is 7.11. The zero-order valence-electron chi connectivity index (χ0n) is 14.8. The lowest BCUT2D eigenvalue weighted by atomic mass is 10.1. The summed E-state index contributed by atoms with van der Waals surface area (Å²) in [6.45, 7) is 5.69. The van der Waals surface area contributed by atoms with Crippen molar-refractivity contribution in [2.75, 3.05) is 13.6 Å². The topological polar surface area (TPSA) is 62.2 Å². The predicted molar refractivity (Wildman–Crippen MR) is 105 cm³/mol.